The number of amides is 1. The molecule has 4 nitrogen and oxygen atoms in total. The van der Waals surface area contributed by atoms with Crippen molar-refractivity contribution in [1.29, 1.82) is 0 Å². The van der Waals surface area contributed by atoms with Gasteiger partial charge in [-0.05, 0) is 64.2 Å². The largest absolute Gasteiger partial charge is 0.444 e. The van der Waals surface area contributed by atoms with Gasteiger partial charge in [0.1, 0.15) is 5.60 Å². The summed E-state index contributed by atoms with van der Waals surface area (Å²) in [6, 6.07) is 0.711. The van der Waals surface area contributed by atoms with Gasteiger partial charge in [-0.15, -0.1) is 0 Å². The van der Waals surface area contributed by atoms with Crippen LogP contribution >= 0.6 is 0 Å². The Morgan fingerprint density at radius 1 is 1.09 bits per heavy atom. The predicted molar refractivity (Wildman–Crippen MR) is 96.6 cm³/mol. The van der Waals surface area contributed by atoms with E-state index in [4.69, 9.17) is 4.74 Å². The van der Waals surface area contributed by atoms with Crippen molar-refractivity contribution in [2.24, 2.45) is 17.8 Å². The molecule has 2 N–H and O–H groups in total. The number of hydrogen-bond donors (Lipinski definition) is 2. The van der Waals surface area contributed by atoms with Gasteiger partial charge in [0.2, 0.25) is 0 Å². The lowest BCUT2D eigenvalue weighted by Crippen LogP contribution is -2.48. The van der Waals surface area contributed by atoms with Crippen molar-refractivity contribution in [2.75, 3.05) is 6.54 Å². The number of carbonyl (C=O) groups is 1. The van der Waals surface area contributed by atoms with Gasteiger partial charge in [-0.3, -0.25) is 0 Å². The monoisotopic (exact) mass is 326 g/mol. The van der Waals surface area contributed by atoms with Crippen LogP contribution in [0.4, 0.5) is 4.79 Å². The number of rotatable bonds is 9. The molecular formula is C19H38N2O2. The van der Waals surface area contributed by atoms with E-state index in [0.29, 0.717) is 23.8 Å². The van der Waals surface area contributed by atoms with Crippen LogP contribution in [0.3, 0.4) is 0 Å². The molecular weight excluding hydrogens is 288 g/mol. The van der Waals surface area contributed by atoms with E-state index in [1.54, 1.807) is 0 Å². The molecule has 0 spiro atoms. The maximum absolute atomic E-state index is 12.0. The smallest absolute Gasteiger partial charge is 0.407 e. The lowest BCUT2D eigenvalue weighted by atomic mass is 9.95. The Bertz CT molecular complexity index is 347. The van der Waals surface area contributed by atoms with Crippen LogP contribution in [0.1, 0.15) is 74.1 Å². The second kappa shape index (κ2) is 8.91. The topological polar surface area (TPSA) is 50.4 Å². The van der Waals surface area contributed by atoms with Gasteiger partial charge in [0.05, 0.1) is 0 Å². The van der Waals surface area contributed by atoms with Crippen LogP contribution in [-0.2, 0) is 4.74 Å². The summed E-state index contributed by atoms with van der Waals surface area (Å²) in [4.78, 5) is 12.0. The molecule has 0 bridgehead atoms. The molecule has 4 heteroatoms. The molecule has 1 saturated carbocycles. The van der Waals surface area contributed by atoms with Gasteiger partial charge in [-0.1, -0.05) is 27.7 Å². The number of alkyl carbamates (subject to hydrolysis) is 1. The molecule has 0 saturated heterocycles. The van der Waals surface area contributed by atoms with Crippen molar-refractivity contribution in [1.82, 2.24) is 10.6 Å². The normalized spacial score (nSPS) is 17.0. The van der Waals surface area contributed by atoms with Gasteiger partial charge >= 0.3 is 6.09 Å². The highest BCUT2D eigenvalue weighted by Crippen LogP contribution is 2.32. The molecule has 0 radical (unpaired) electrons. The van der Waals surface area contributed by atoms with E-state index in [2.05, 4.69) is 38.3 Å². The fourth-order valence-electron chi connectivity index (χ4n) is 2.99. The van der Waals surface area contributed by atoms with Gasteiger partial charge in [0, 0.05) is 18.6 Å². The molecule has 1 aliphatic carbocycles. The Morgan fingerprint density at radius 3 is 2.00 bits per heavy atom. The Balaban J connectivity index is 2.49. The summed E-state index contributed by atoms with van der Waals surface area (Å²) in [7, 11) is 0. The minimum atomic E-state index is -0.441. The Labute approximate surface area is 143 Å². The Morgan fingerprint density at radius 2 is 1.61 bits per heavy atom. The van der Waals surface area contributed by atoms with Crippen molar-refractivity contribution in [3.8, 4) is 0 Å². The second-order valence-electron chi connectivity index (χ2n) is 8.95. The van der Waals surface area contributed by atoms with Crippen molar-refractivity contribution in [3.63, 3.8) is 0 Å². The number of carbonyl (C=O) groups excluding carboxylic acids is 1. The summed E-state index contributed by atoms with van der Waals surface area (Å²) in [6.07, 6.45) is 4.49. The van der Waals surface area contributed by atoms with E-state index < -0.39 is 5.60 Å². The molecule has 1 amide bonds. The van der Waals surface area contributed by atoms with Crippen LogP contribution in [0.2, 0.25) is 0 Å². The molecule has 23 heavy (non-hydrogen) atoms. The third kappa shape index (κ3) is 9.85. The maximum atomic E-state index is 12.0. The molecule has 1 rings (SSSR count). The van der Waals surface area contributed by atoms with Crippen molar-refractivity contribution in [2.45, 2.75) is 91.8 Å². The fourth-order valence-corrected chi connectivity index (χ4v) is 2.99. The Kier molecular flexibility index (Phi) is 7.85. The highest BCUT2D eigenvalue weighted by Gasteiger charge is 2.33. The van der Waals surface area contributed by atoms with E-state index in [1.165, 1.54) is 25.7 Å². The molecule has 0 aromatic carbocycles. The molecule has 0 aliphatic heterocycles. The van der Waals surface area contributed by atoms with Gasteiger partial charge < -0.3 is 15.4 Å². The number of nitrogens with one attached hydrogen (secondary N) is 2. The van der Waals surface area contributed by atoms with Crippen LogP contribution in [-0.4, -0.2) is 30.3 Å². The van der Waals surface area contributed by atoms with E-state index in [-0.39, 0.29) is 12.1 Å². The van der Waals surface area contributed by atoms with Crippen LogP contribution in [0.25, 0.3) is 0 Å². The van der Waals surface area contributed by atoms with E-state index in [1.807, 2.05) is 20.8 Å². The SMILES string of the molecule is CC(C)CC(CC(C)C)NCC(NC(=O)OC(C)(C)C)C1CC1. The van der Waals surface area contributed by atoms with Crippen LogP contribution < -0.4 is 10.6 Å². The zero-order chi connectivity index (χ0) is 17.6. The standard InChI is InChI=1S/C19H38N2O2/c1-13(2)10-16(11-14(3)4)20-12-17(15-8-9-15)21-18(22)23-19(5,6)7/h13-17,20H,8-12H2,1-7H3,(H,21,22). The summed E-state index contributed by atoms with van der Waals surface area (Å²) in [6.45, 7) is 15.6. The summed E-state index contributed by atoms with van der Waals surface area (Å²) >= 11 is 0. The predicted octanol–water partition coefficient (Wildman–Crippen LogP) is 4.34. The van der Waals surface area contributed by atoms with Crippen molar-refractivity contribution in [3.05, 3.63) is 0 Å². The average molecular weight is 327 g/mol. The van der Waals surface area contributed by atoms with E-state index >= 15 is 0 Å². The zero-order valence-corrected chi connectivity index (χ0v) is 16.2. The summed E-state index contributed by atoms with van der Waals surface area (Å²) in [5, 5.41) is 6.78. The van der Waals surface area contributed by atoms with Crippen LogP contribution in [0.5, 0.6) is 0 Å². The van der Waals surface area contributed by atoms with E-state index in [0.717, 1.165) is 6.54 Å². The van der Waals surface area contributed by atoms with Crippen LogP contribution in [0.15, 0.2) is 0 Å². The zero-order valence-electron chi connectivity index (χ0n) is 16.2. The molecule has 136 valence electrons. The first-order valence-electron chi connectivity index (χ1n) is 9.29. The first-order chi connectivity index (χ1) is 10.6. The van der Waals surface area contributed by atoms with Crippen molar-refractivity contribution < 1.29 is 9.53 Å². The number of hydrogen-bond acceptors (Lipinski definition) is 3. The molecule has 1 unspecified atom stereocenters. The molecule has 1 aliphatic rings. The third-order valence-electron chi connectivity index (χ3n) is 4.03. The third-order valence-corrected chi connectivity index (χ3v) is 4.03. The van der Waals surface area contributed by atoms with Crippen molar-refractivity contribution >= 4 is 6.09 Å². The number of ether oxygens (including phenoxy) is 1. The van der Waals surface area contributed by atoms with Crippen LogP contribution in [0, 0.1) is 17.8 Å². The van der Waals surface area contributed by atoms with E-state index in [9.17, 15) is 4.79 Å². The summed E-state index contributed by atoms with van der Waals surface area (Å²) in [5.74, 6) is 1.97. The lowest BCUT2D eigenvalue weighted by molar-refractivity contribution is 0.0496. The first kappa shape index (κ1) is 20.3. The Hall–Kier alpha value is -0.770. The van der Waals surface area contributed by atoms with Gasteiger partial charge in [-0.2, -0.15) is 0 Å². The van der Waals surface area contributed by atoms with Gasteiger partial charge in [-0.25, -0.2) is 4.79 Å². The van der Waals surface area contributed by atoms with Gasteiger partial charge in [0.15, 0.2) is 0 Å². The molecule has 0 aromatic rings. The minimum Gasteiger partial charge on any atom is -0.444 e. The maximum Gasteiger partial charge on any atom is 0.407 e. The lowest BCUT2D eigenvalue weighted by Gasteiger charge is -2.27. The first-order valence-corrected chi connectivity index (χ1v) is 9.29. The second-order valence-corrected chi connectivity index (χ2v) is 8.95. The highest BCUT2D eigenvalue weighted by atomic mass is 16.6. The highest BCUT2D eigenvalue weighted by molar-refractivity contribution is 5.68. The quantitative estimate of drug-likeness (QED) is 0.662. The van der Waals surface area contributed by atoms with Gasteiger partial charge in [0.25, 0.3) is 0 Å². The molecule has 1 atom stereocenters. The summed E-state index contributed by atoms with van der Waals surface area (Å²) in [5.41, 5.74) is -0.441. The molecule has 1 fully saturated rings. The minimum absolute atomic E-state index is 0.187. The average Bonchev–Trinajstić information content (AvgIpc) is 3.14. The molecule has 0 aromatic heterocycles. The summed E-state index contributed by atoms with van der Waals surface area (Å²) < 4.78 is 5.40. The molecule has 0 heterocycles. The fraction of sp³-hybridized carbons (Fsp3) is 0.947.